The molecule has 0 aliphatic heterocycles. The Balaban J connectivity index is 2.88. The van der Waals surface area contributed by atoms with Gasteiger partial charge in [0.15, 0.2) is 0 Å². The lowest BCUT2D eigenvalue weighted by molar-refractivity contribution is 0.398. The smallest absolute Gasteiger partial charge is 0.225 e. The molecule has 5 nitrogen and oxygen atoms in total. The van der Waals surface area contributed by atoms with Crippen molar-refractivity contribution in [3.63, 3.8) is 0 Å². The minimum absolute atomic E-state index is 0.107. The third-order valence-electron chi connectivity index (χ3n) is 2.11. The highest BCUT2D eigenvalue weighted by molar-refractivity contribution is 7.90. The van der Waals surface area contributed by atoms with E-state index in [-0.39, 0.29) is 6.54 Å². The maximum atomic E-state index is 11.2. The Morgan fingerprint density at radius 3 is 2.53 bits per heavy atom. The van der Waals surface area contributed by atoms with Crippen molar-refractivity contribution >= 4 is 21.6 Å². The highest BCUT2D eigenvalue weighted by atomic mass is 35.5. The number of alkyl halides is 1. The van der Waals surface area contributed by atoms with Crippen LogP contribution in [-0.2, 0) is 16.6 Å². The summed E-state index contributed by atoms with van der Waals surface area (Å²) in [6.07, 6.45) is 0. The molecule has 0 radical (unpaired) electrons. The normalized spacial score (nSPS) is 11.2. The minimum atomic E-state index is -3.44. The zero-order valence-corrected chi connectivity index (χ0v) is 11.1. The maximum absolute atomic E-state index is 11.2. The standard InChI is InChI=1S/C10H14ClNO4S/c1-15-9-3-4-10(16-2)8(5-9)6-12-17(13,14)7-11/h3-5,12H,6-7H2,1-2H3. The molecular formula is C10H14ClNO4S. The molecule has 0 saturated heterocycles. The molecule has 0 heterocycles. The molecule has 0 amide bonds. The van der Waals surface area contributed by atoms with Crippen LogP contribution in [0.15, 0.2) is 18.2 Å². The zero-order valence-electron chi connectivity index (χ0n) is 9.57. The number of nitrogens with one attached hydrogen (secondary N) is 1. The van der Waals surface area contributed by atoms with Crippen molar-refractivity contribution in [3.8, 4) is 11.5 Å². The summed E-state index contributed by atoms with van der Waals surface area (Å²) in [5, 5.41) is -0.473. The number of sulfonamides is 1. The summed E-state index contributed by atoms with van der Waals surface area (Å²) < 4.78 is 35.0. The van der Waals surface area contributed by atoms with Crippen molar-refractivity contribution in [2.45, 2.75) is 6.54 Å². The number of methoxy groups -OCH3 is 2. The Hall–Kier alpha value is -0.980. The molecular weight excluding hydrogens is 266 g/mol. The van der Waals surface area contributed by atoms with Crippen molar-refractivity contribution in [2.24, 2.45) is 0 Å². The molecule has 0 bridgehead atoms. The minimum Gasteiger partial charge on any atom is -0.497 e. The van der Waals surface area contributed by atoms with Gasteiger partial charge in [-0.1, -0.05) is 0 Å². The second-order valence-electron chi connectivity index (χ2n) is 3.22. The van der Waals surface area contributed by atoms with E-state index < -0.39 is 15.2 Å². The number of ether oxygens (including phenoxy) is 2. The molecule has 1 aromatic carbocycles. The highest BCUT2D eigenvalue weighted by Crippen LogP contribution is 2.23. The van der Waals surface area contributed by atoms with Gasteiger partial charge in [0.25, 0.3) is 0 Å². The molecule has 1 rings (SSSR count). The van der Waals surface area contributed by atoms with Gasteiger partial charge in [-0.25, -0.2) is 13.1 Å². The lowest BCUT2D eigenvalue weighted by atomic mass is 10.2. The van der Waals surface area contributed by atoms with E-state index in [2.05, 4.69) is 4.72 Å². The Morgan fingerprint density at radius 1 is 1.29 bits per heavy atom. The van der Waals surface area contributed by atoms with Crippen LogP contribution in [0, 0.1) is 0 Å². The van der Waals surface area contributed by atoms with Gasteiger partial charge in [-0.2, -0.15) is 0 Å². The molecule has 0 saturated carbocycles. The lowest BCUT2D eigenvalue weighted by Crippen LogP contribution is -2.24. The fourth-order valence-corrected chi connectivity index (χ4v) is 1.93. The van der Waals surface area contributed by atoms with Gasteiger partial charge in [0.05, 0.1) is 14.2 Å². The topological polar surface area (TPSA) is 64.6 Å². The van der Waals surface area contributed by atoms with Crippen molar-refractivity contribution < 1.29 is 17.9 Å². The Labute approximate surface area is 106 Å². The van der Waals surface area contributed by atoms with E-state index in [1.165, 1.54) is 14.2 Å². The van der Waals surface area contributed by atoms with E-state index in [1.807, 2.05) is 0 Å². The zero-order chi connectivity index (χ0) is 12.9. The molecule has 17 heavy (non-hydrogen) atoms. The molecule has 0 fully saturated rings. The Bertz CT molecular complexity index is 475. The van der Waals surface area contributed by atoms with Crippen molar-refractivity contribution in [1.29, 1.82) is 0 Å². The van der Waals surface area contributed by atoms with Gasteiger partial charge in [-0.3, -0.25) is 0 Å². The number of hydrogen-bond donors (Lipinski definition) is 1. The van der Waals surface area contributed by atoms with Gasteiger partial charge in [-0.05, 0) is 18.2 Å². The predicted octanol–water partition coefficient (Wildman–Crippen LogP) is 1.32. The summed E-state index contributed by atoms with van der Waals surface area (Å²) in [5.41, 5.74) is 0.681. The summed E-state index contributed by atoms with van der Waals surface area (Å²) in [7, 11) is -0.392. The molecule has 0 unspecified atom stereocenters. The van der Waals surface area contributed by atoms with Crippen LogP contribution in [0.1, 0.15) is 5.56 Å². The summed E-state index contributed by atoms with van der Waals surface area (Å²) >= 11 is 5.29. The van der Waals surface area contributed by atoms with Gasteiger partial charge in [0.1, 0.15) is 16.7 Å². The van der Waals surface area contributed by atoms with E-state index in [1.54, 1.807) is 18.2 Å². The van der Waals surface area contributed by atoms with E-state index in [9.17, 15) is 8.42 Å². The second-order valence-corrected chi connectivity index (χ2v) is 5.61. The summed E-state index contributed by atoms with van der Waals surface area (Å²) in [6, 6.07) is 5.15. The van der Waals surface area contributed by atoms with Gasteiger partial charge < -0.3 is 9.47 Å². The predicted molar refractivity (Wildman–Crippen MR) is 66.0 cm³/mol. The maximum Gasteiger partial charge on any atom is 0.225 e. The number of halogens is 1. The van der Waals surface area contributed by atoms with Crippen molar-refractivity contribution in [1.82, 2.24) is 4.72 Å². The molecule has 1 N–H and O–H groups in total. The van der Waals surface area contributed by atoms with Crippen LogP contribution >= 0.6 is 11.6 Å². The molecule has 0 atom stereocenters. The van der Waals surface area contributed by atoms with Gasteiger partial charge in [-0.15, -0.1) is 11.6 Å². The van der Waals surface area contributed by atoms with E-state index in [0.717, 1.165) is 0 Å². The average molecular weight is 280 g/mol. The number of benzene rings is 1. The molecule has 0 aliphatic rings. The average Bonchev–Trinajstić information content (AvgIpc) is 2.36. The van der Waals surface area contributed by atoms with Crippen LogP contribution in [0.5, 0.6) is 11.5 Å². The van der Waals surface area contributed by atoms with Crippen LogP contribution in [0.4, 0.5) is 0 Å². The first-order valence-corrected chi connectivity index (χ1v) is 6.95. The fraction of sp³-hybridized carbons (Fsp3) is 0.400. The lowest BCUT2D eigenvalue weighted by Gasteiger charge is -2.10. The van der Waals surface area contributed by atoms with Crippen LogP contribution in [-0.4, -0.2) is 27.8 Å². The van der Waals surface area contributed by atoms with Crippen LogP contribution in [0.2, 0.25) is 0 Å². The van der Waals surface area contributed by atoms with Crippen LogP contribution in [0.3, 0.4) is 0 Å². The fourth-order valence-electron chi connectivity index (χ4n) is 1.25. The summed E-state index contributed by atoms with van der Waals surface area (Å²) in [4.78, 5) is 0. The largest absolute Gasteiger partial charge is 0.497 e. The highest BCUT2D eigenvalue weighted by Gasteiger charge is 2.10. The van der Waals surface area contributed by atoms with E-state index in [4.69, 9.17) is 21.1 Å². The molecule has 0 aliphatic carbocycles. The summed E-state index contributed by atoms with van der Waals surface area (Å²) in [5.74, 6) is 1.22. The molecule has 0 aromatic heterocycles. The third kappa shape index (κ3) is 4.07. The Morgan fingerprint density at radius 2 is 2.00 bits per heavy atom. The first kappa shape index (κ1) is 14.1. The Kier molecular flexibility index (Phi) is 5.04. The van der Waals surface area contributed by atoms with Crippen molar-refractivity contribution in [3.05, 3.63) is 23.8 Å². The van der Waals surface area contributed by atoms with Crippen LogP contribution < -0.4 is 14.2 Å². The number of rotatable bonds is 6. The van der Waals surface area contributed by atoms with Crippen molar-refractivity contribution in [2.75, 3.05) is 19.4 Å². The van der Waals surface area contributed by atoms with E-state index in [0.29, 0.717) is 17.1 Å². The second kappa shape index (κ2) is 6.09. The monoisotopic (exact) mass is 279 g/mol. The van der Waals surface area contributed by atoms with Crippen LogP contribution in [0.25, 0.3) is 0 Å². The third-order valence-corrected chi connectivity index (χ3v) is 3.85. The molecule has 0 spiro atoms. The van der Waals surface area contributed by atoms with E-state index >= 15 is 0 Å². The summed E-state index contributed by atoms with van der Waals surface area (Å²) in [6.45, 7) is 0.107. The van der Waals surface area contributed by atoms with Gasteiger partial charge in [0, 0.05) is 12.1 Å². The first-order valence-electron chi connectivity index (χ1n) is 4.76. The molecule has 1 aromatic rings. The quantitative estimate of drug-likeness (QED) is 0.798. The number of hydrogen-bond acceptors (Lipinski definition) is 4. The van der Waals surface area contributed by atoms with Gasteiger partial charge in [0.2, 0.25) is 10.0 Å². The molecule has 7 heteroatoms. The van der Waals surface area contributed by atoms with Gasteiger partial charge >= 0.3 is 0 Å². The molecule has 96 valence electrons. The first-order chi connectivity index (χ1) is 8.02. The SMILES string of the molecule is COc1ccc(OC)c(CNS(=O)(=O)CCl)c1.